The van der Waals surface area contributed by atoms with Crippen molar-refractivity contribution in [1.82, 2.24) is 9.78 Å². The average molecular weight is 331 g/mol. The molecule has 0 bridgehead atoms. The maximum atomic E-state index is 5.84. The van der Waals surface area contributed by atoms with Crippen molar-refractivity contribution in [2.45, 2.75) is 6.54 Å². The summed E-state index contributed by atoms with van der Waals surface area (Å²) in [5.41, 5.74) is 0. The standard InChI is InChI=1S/C8H12ClIN2O2/c1-13-4-5-14-3-2-12-6-7(9)8(10)11-12/h6H,2-5H2,1H3. The van der Waals surface area contributed by atoms with Crippen LogP contribution in [0.1, 0.15) is 0 Å². The third-order valence-electron chi connectivity index (χ3n) is 1.57. The molecule has 0 atom stereocenters. The molecule has 0 saturated carbocycles. The first-order valence-corrected chi connectivity index (χ1v) is 5.65. The maximum absolute atomic E-state index is 5.84. The Hall–Kier alpha value is 0.150. The van der Waals surface area contributed by atoms with Gasteiger partial charge in [-0.15, -0.1) is 0 Å². The number of hydrogen-bond acceptors (Lipinski definition) is 3. The SMILES string of the molecule is COCCOCCn1cc(Cl)c(I)n1. The minimum atomic E-state index is 0.614. The van der Waals surface area contributed by atoms with Crippen molar-refractivity contribution in [3.8, 4) is 0 Å². The van der Waals surface area contributed by atoms with Gasteiger partial charge in [-0.05, 0) is 22.6 Å². The molecular weight excluding hydrogens is 318 g/mol. The number of halogens is 2. The molecule has 0 N–H and O–H groups in total. The summed E-state index contributed by atoms with van der Waals surface area (Å²) >= 11 is 7.94. The highest BCUT2D eigenvalue weighted by atomic mass is 127. The molecule has 0 aliphatic heterocycles. The number of methoxy groups -OCH3 is 1. The fraction of sp³-hybridized carbons (Fsp3) is 0.625. The highest BCUT2D eigenvalue weighted by molar-refractivity contribution is 14.1. The zero-order valence-electron chi connectivity index (χ0n) is 7.87. The van der Waals surface area contributed by atoms with Crippen LogP contribution in [0.15, 0.2) is 6.20 Å². The van der Waals surface area contributed by atoms with Crippen LogP contribution in [0, 0.1) is 3.70 Å². The molecular formula is C8H12ClIN2O2. The molecule has 6 heteroatoms. The van der Waals surface area contributed by atoms with Crippen molar-refractivity contribution in [2.24, 2.45) is 0 Å². The van der Waals surface area contributed by atoms with Crippen molar-refractivity contribution >= 4 is 34.2 Å². The number of rotatable bonds is 6. The van der Waals surface area contributed by atoms with E-state index in [-0.39, 0.29) is 0 Å². The van der Waals surface area contributed by atoms with Gasteiger partial charge in [-0.1, -0.05) is 11.6 Å². The Labute approximate surface area is 102 Å². The van der Waals surface area contributed by atoms with Crippen molar-refractivity contribution in [1.29, 1.82) is 0 Å². The van der Waals surface area contributed by atoms with Crippen LogP contribution < -0.4 is 0 Å². The van der Waals surface area contributed by atoms with Gasteiger partial charge >= 0.3 is 0 Å². The van der Waals surface area contributed by atoms with Crippen molar-refractivity contribution in [2.75, 3.05) is 26.9 Å². The van der Waals surface area contributed by atoms with E-state index in [0.717, 1.165) is 3.70 Å². The summed E-state index contributed by atoms with van der Waals surface area (Å²) < 4.78 is 12.7. The lowest BCUT2D eigenvalue weighted by Crippen LogP contribution is -2.09. The molecule has 4 nitrogen and oxygen atoms in total. The second-order valence-corrected chi connectivity index (χ2v) is 4.07. The fourth-order valence-electron chi connectivity index (χ4n) is 0.890. The molecule has 0 aromatic carbocycles. The smallest absolute Gasteiger partial charge is 0.141 e. The van der Waals surface area contributed by atoms with Crippen LogP contribution in [0.2, 0.25) is 5.02 Å². The molecule has 0 radical (unpaired) electrons. The summed E-state index contributed by atoms with van der Waals surface area (Å²) in [6, 6.07) is 0. The van der Waals surface area contributed by atoms with Gasteiger partial charge in [-0.3, -0.25) is 4.68 Å². The van der Waals surface area contributed by atoms with Gasteiger partial charge in [-0.2, -0.15) is 5.10 Å². The Morgan fingerprint density at radius 2 is 2.29 bits per heavy atom. The number of aromatic nitrogens is 2. The summed E-state index contributed by atoms with van der Waals surface area (Å²) in [6.07, 6.45) is 1.79. The summed E-state index contributed by atoms with van der Waals surface area (Å²) in [4.78, 5) is 0. The third kappa shape index (κ3) is 4.12. The van der Waals surface area contributed by atoms with Gasteiger partial charge in [0, 0.05) is 13.3 Å². The van der Waals surface area contributed by atoms with Gasteiger partial charge in [0.25, 0.3) is 0 Å². The minimum Gasteiger partial charge on any atom is -0.382 e. The average Bonchev–Trinajstić information content (AvgIpc) is 2.46. The summed E-state index contributed by atoms with van der Waals surface area (Å²) in [6.45, 7) is 2.57. The van der Waals surface area contributed by atoms with E-state index in [0.29, 0.717) is 31.4 Å². The third-order valence-corrected chi connectivity index (χ3v) is 2.96. The second-order valence-electron chi connectivity index (χ2n) is 2.64. The van der Waals surface area contributed by atoms with Crippen LogP contribution in [0.3, 0.4) is 0 Å². The van der Waals surface area contributed by atoms with E-state index >= 15 is 0 Å². The molecule has 1 heterocycles. The largest absolute Gasteiger partial charge is 0.382 e. The Bertz CT molecular complexity index is 261. The summed E-state index contributed by atoms with van der Waals surface area (Å²) in [5, 5.41) is 4.87. The Kier molecular flexibility index (Phi) is 5.76. The molecule has 0 spiro atoms. The van der Waals surface area contributed by atoms with Crippen molar-refractivity contribution in [3.63, 3.8) is 0 Å². The minimum absolute atomic E-state index is 0.614. The Morgan fingerprint density at radius 3 is 2.86 bits per heavy atom. The van der Waals surface area contributed by atoms with Crippen molar-refractivity contribution in [3.05, 3.63) is 14.9 Å². The van der Waals surface area contributed by atoms with Crippen LogP contribution in [0.25, 0.3) is 0 Å². The molecule has 0 aliphatic carbocycles. The molecule has 1 rings (SSSR count). The highest BCUT2D eigenvalue weighted by Gasteiger charge is 2.02. The summed E-state index contributed by atoms with van der Waals surface area (Å²) in [7, 11) is 1.65. The van der Waals surface area contributed by atoms with Crippen LogP contribution in [-0.2, 0) is 16.0 Å². The molecule has 1 aromatic heterocycles. The van der Waals surface area contributed by atoms with Crippen LogP contribution in [0.4, 0.5) is 0 Å². The van der Waals surface area contributed by atoms with Gasteiger partial charge in [0.05, 0.1) is 31.4 Å². The van der Waals surface area contributed by atoms with Gasteiger partial charge in [0.1, 0.15) is 3.70 Å². The first-order valence-electron chi connectivity index (χ1n) is 4.19. The van der Waals surface area contributed by atoms with Gasteiger partial charge in [0.15, 0.2) is 0 Å². The zero-order chi connectivity index (χ0) is 10.4. The first-order chi connectivity index (χ1) is 6.74. The molecule has 80 valence electrons. The van der Waals surface area contributed by atoms with Gasteiger partial charge in [0.2, 0.25) is 0 Å². The van der Waals surface area contributed by atoms with E-state index < -0.39 is 0 Å². The lowest BCUT2D eigenvalue weighted by atomic mass is 10.6. The second kappa shape index (κ2) is 6.60. The quantitative estimate of drug-likeness (QED) is 0.589. The van der Waals surface area contributed by atoms with Crippen LogP contribution >= 0.6 is 34.2 Å². The molecule has 1 aromatic rings. The Morgan fingerprint density at radius 1 is 1.50 bits per heavy atom. The van der Waals surface area contributed by atoms with E-state index in [1.807, 2.05) is 0 Å². The number of hydrogen-bond donors (Lipinski definition) is 0. The lowest BCUT2D eigenvalue weighted by molar-refractivity contribution is 0.0654. The van der Waals surface area contributed by atoms with Crippen LogP contribution in [0.5, 0.6) is 0 Å². The number of nitrogens with zero attached hydrogens (tertiary/aromatic N) is 2. The van der Waals surface area contributed by atoms with E-state index in [2.05, 4.69) is 27.7 Å². The fourth-order valence-corrected chi connectivity index (χ4v) is 1.46. The number of ether oxygens (including phenoxy) is 2. The molecule has 0 saturated heterocycles. The molecule has 0 unspecified atom stereocenters. The monoisotopic (exact) mass is 330 g/mol. The molecule has 0 amide bonds. The lowest BCUT2D eigenvalue weighted by Gasteiger charge is -2.03. The normalized spacial score (nSPS) is 10.8. The highest BCUT2D eigenvalue weighted by Crippen LogP contribution is 2.15. The van der Waals surface area contributed by atoms with E-state index in [9.17, 15) is 0 Å². The molecule has 0 fully saturated rings. The predicted octanol–water partition coefficient (Wildman–Crippen LogP) is 1.80. The molecule has 14 heavy (non-hydrogen) atoms. The topological polar surface area (TPSA) is 36.3 Å². The predicted molar refractivity (Wildman–Crippen MR) is 62.6 cm³/mol. The van der Waals surface area contributed by atoms with E-state index in [1.54, 1.807) is 18.0 Å². The summed E-state index contributed by atoms with van der Waals surface area (Å²) in [5.74, 6) is 0. The van der Waals surface area contributed by atoms with Gasteiger partial charge in [-0.25, -0.2) is 0 Å². The first kappa shape index (κ1) is 12.2. The molecule has 0 aliphatic rings. The zero-order valence-corrected chi connectivity index (χ0v) is 10.8. The van der Waals surface area contributed by atoms with Crippen molar-refractivity contribution < 1.29 is 9.47 Å². The van der Waals surface area contributed by atoms with E-state index in [4.69, 9.17) is 21.1 Å². The maximum Gasteiger partial charge on any atom is 0.141 e. The van der Waals surface area contributed by atoms with Crippen LogP contribution in [-0.4, -0.2) is 36.7 Å². The Balaban J connectivity index is 2.18. The van der Waals surface area contributed by atoms with Gasteiger partial charge < -0.3 is 9.47 Å². The van der Waals surface area contributed by atoms with E-state index in [1.165, 1.54) is 0 Å².